The van der Waals surface area contributed by atoms with Gasteiger partial charge in [0.1, 0.15) is 23.8 Å². The van der Waals surface area contributed by atoms with E-state index in [-0.39, 0.29) is 5.89 Å². The van der Waals surface area contributed by atoms with Crippen LogP contribution in [0.5, 0.6) is 11.5 Å². The molecule has 3 aromatic carbocycles. The molecule has 0 saturated carbocycles. The third-order valence-corrected chi connectivity index (χ3v) is 4.54. The van der Waals surface area contributed by atoms with Crippen LogP contribution in [-0.4, -0.2) is 23.2 Å². The molecule has 6 nitrogen and oxygen atoms in total. The summed E-state index contributed by atoms with van der Waals surface area (Å²) in [5.41, 5.74) is 2.96. The molecule has 4 aromatic rings. The maximum Gasteiger partial charge on any atom is 0.392 e. The van der Waals surface area contributed by atoms with Gasteiger partial charge in [-0.25, -0.2) is 9.78 Å². The second-order valence-corrected chi connectivity index (χ2v) is 6.53. The van der Waals surface area contributed by atoms with Crippen LogP contribution in [-0.2, 0) is 6.61 Å². The van der Waals surface area contributed by atoms with Crippen molar-refractivity contribution in [3.63, 3.8) is 0 Å². The Morgan fingerprint density at radius 2 is 1.53 bits per heavy atom. The van der Waals surface area contributed by atoms with Crippen LogP contribution in [0.3, 0.4) is 0 Å². The summed E-state index contributed by atoms with van der Waals surface area (Å²) in [6.07, 6.45) is 0. The lowest BCUT2D eigenvalue weighted by atomic mass is 10.1. The molecular formula is C24H19NO5. The molecule has 30 heavy (non-hydrogen) atoms. The van der Waals surface area contributed by atoms with Crippen molar-refractivity contribution in [2.75, 3.05) is 7.11 Å². The Morgan fingerprint density at radius 3 is 2.17 bits per heavy atom. The maximum atomic E-state index is 11.4. The largest absolute Gasteiger partial charge is 0.497 e. The van der Waals surface area contributed by atoms with Crippen LogP contribution in [0.1, 0.15) is 16.2 Å². The van der Waals surface area contributed by atoms with Gasteiger partial charge in [-0.05, 0) is 54.1 Å². The van der Waals surface area contributed by atoms with Crippen LogP contribution in [0.4, 0.5) is 0 Å². The second kappa shape index (κ2) is 8.53. The summed E-state index contributed by atoms with van der Waals surface area (Å²) >= 11 is 0. The van der Waals surface area contributed by atoms with Crippen molar-refractivity contribution in [2.45, 2.75) is 6.61 Å². The zero-order chi connectivity index (χ0) is 20.9. The Kier molecular flexibility index (Phi) is 5.48. The van der Waals surface area contributed by atoms with Gasteiger partial charge in [0, 0.05) is 11.1 Å². The molecule has 0 aliphatic carbocycles. The first kappa shape index (κ1) is 19.3. The minimum Gasteiger partial charge on any atom is -0.497 e. The van der Waals surface area contributed by atoms with Gasteiger partial charge < -0.3 is 19.0 Å². The normalized spacial score (nSPS) is 10.6. The lowest BCUT2D eigenvalue weighted by molar-refractivity contribution is 0.0654. The first-order valence-corrected chi connectivity index (χ1v) is 9.30. The van der Waals surface area contributed by atoms with Gasteiger partial charge in [0.05, 0.1) is 7.11 Å². The van der Waals surface area contributed by atoms with E-state index in [1.54, 1.807) is 19.2 Å². The minimum absolute atomic E-state index is 0.361. The molecule has 0 spiro atoms. The van der Waals surface area contributed by atoms with E-state index >= 15 is 0 Å². The highest BCUT2D eigenvalue weighted by molar-refractivity contribution is 5.86. The summed E-state index contributed by atoms with van der Waals surface area (Å²) < 4.78 is 16.6. The molecule has 0 amide bonds. The Morgan fingerprint density at radius 1 is 0.900 bits per heavy atom. The number of benzene rings is 3. The van der Waals surface area contributed by atoms with Crippen LogP contribution < -0.4 is 9.47 Å². The van der Waals surface area contributed by atoms with Crippen molar-refractivity contribution in [3.05, 3.63) is 90.3 Å². The van der Waals surface area contributed by atoms with Gasteiger partial charge in [-0.1, -0.05) is 30.3 Å². The number of hydrogen-bond acceptors (Lipinski definition) is 5. The molecule has 0 atom stereocenters. The number of aromatic nitrogens is 1. The van der Waals surface area contributed by atoms with Gasteiger partial charge in [0.15, 0.2) is 5.76 Å². The Balaban J connectivity index is 1.61. The number of methoxy groups -OCH3 is 1. The van der Waals surface area contributed by atoms with Crippen LogP contribution >= 0.6 is 0 Å². The second-order valence-electron chi connectivity index (χ2n) is 6.53. The average molecular weight is 401 g/mol. The summed E-state index contributed by atoms with van der Waals surface area (Å²) in [6, 6.07) is 24.3. The quantitative estimate of drug-likeness (QED) is 0.453. The van der Waals surface area contributed by atoms with E-state index in [9.17, 15) is 9.90 Å². The summed E-state index contributed by atoms with van der Waals surface area (Å²) in [4.78, 5) is 15.6. The molecule has 0 fully saturated rings. The Labute approximate surface area is 173 Å². The maximum absolute atomic E-state index is 11.4. The van der Waals surface area contributed by atoms with Gasteiger partial charge in [0.2, 0.25) is 0 Å². The SMILES string of the molecule is COc1ccc(-c2nc(C(=O)O)oc2-c2ccc(OCc3ccccc3)cc2)cc1. The average Bonchev–Trinajstić information content (AvgIpc) is 3.25. The molecule has 4 rings (SSSR count). The van der Waals surface area contributed by atoms with E-state index in [1.165, 1.54) is 0 Å². The molecule has 0 saturated heterocycles. The molecule has 0 aliphatic heterocycles. The highest BCUT2D eigenvalue weighted by Gasteiger charge is 2.21. The molecular weight excluding hydrogens is 382 g/mol. The lowest BCUT2D eigenvalue weighted by Crippen LogP contribution is -1.95. The van der Waals surface area contributed by atoms with Crippen molar-refractivity contribution < 1.29 is 23.8 Å². The summed E-state index contributed by atoms with van der Waals surface area (Å²) in [6.45, 7) is 0.461. The van der Waals surface area contributed by atoms with Gasteiger partial charge in [-0.15, -0.1) is 0 Å². The van der Waals surface area contributed by atoms with Crippen LogP contribution in [0.25, 0.3) is 22.6 Å². The Bertz CT molecular complexity index is 1130. The number of carbonyl (C=O) groups is 1. The molecule has 0 unspecified atom stereocenters. The fourth-order valence-corrected chi connectivity index (χ4v) is 3.00. The van der Waals surface area contributed by atoms with E-state index in [4.69, 9.17) is 13.9 Å². The summed E-state index contributed by atoms with van der Waals surface area (Å²) in [5, 5.41) is 9.32. The van der Waals surface area contributed by atoms with Crippen molar-refractivity contribution in [1.82, 2.24) is 4.98 Å². The van der Waals surface area contributed by atoms with Gasteiger partial charge in [-0.2, -0.15) is 0 Å². The zero-order valence-corrected chi connectivity index (χ0v) is 16.2. The van der Waals surface area contributed by atoms with Crippen molar-refractivity contribution in [1.29, 1.82) is 0 Å². The number of aromatic carboxylic acids is 1. The third-order valence-electron chi connectivity index (χ3n) is 4.54. The molecule has 0 bridgehead atoms. The van der Waals surface area contributed by atoms with Gasteiger partial charge in [-0.3, -0.25) is 0 Å². The fraction of sp³-hybridized carbons (Fsp3) is 0.0833. The van der Waals surface area contributed by atoms with Crippen molar-refractivity contribution >= 4 is 5.97 Å². The molecule has 0 radical (unpaired) electrons. The molecule has 150 valence electrons. The zero-order valence-electron chi connectivity index (χ0n) is 16.2. The van der Waals surface area contributed by atoms with E-state index in [0.29, 0.717) is 35.1 Å². The molecule has 1 N–H and O–H groups in total. The topological polar surface area (TPSA) is 81.8 Å². The molecule has 1 heterocycles. The van der Waals surface area contributed by atoms with Crippen LogP contribution in [0, 0.1) is 0 Å². The third kappa shape index (κ3) is 4.17. The van der Waals surface area contributed by atoms with Crippen LogP contribution in [0.15, 0.2) is 83.3 Å². The molecule has 6 heteroatoms. The Hall–Kier alpha value is -4.06. The lowest BCUT2D eigenvalue weighted by Gasteiger charge is -2.07. The number of rotatable bonds is 7. The predicted molar refractivity (Wildman–Crippen MR) is 112 cm³/mol. The van der Waals surface area contributed by atoms with E-state index in [2.05, 4.69) is 4.98 Å². The van der Waals surface area contributed by atoms with E-state index in [0.717, 1.165) is 11.1 Å². The first-order valence-electron chi connectivity index (χ1n) is 9.30. The monoisotopic (exact) mass is 401 g/mol. The summed E-state index contributed by atoms with van der Waals surface area (Å²) in [5.74, 6) is 0.194. The van der Waals surface area contributed by atoms with Gasteiger partial charge >= 0.3 is 11.9 Å². The summed E-state index contributed by atoms with van der Waals surface area (Å²) in [7, 11) is 1.58. The van der Waals surface area contributed by atoms with Gasteiger partial charge in [0.25, 0.3) is 0 Å². The number of carboxylic acid groups (broad SMARTS) is 1. The predicted octanol–water partition coefficient (Wildman–Crippen LogP) is 5.29. The highest BCUT2D eigenvalue weighted by Crippen LogP contribution is 2.34. The fourth-order valence-electron chi connectivity index (χ4n) is 3.00. The number of hydrogen-bond donors (Lipinski definition) is 1. The number of nitrogens with zero attached hydrogens (tertiary/aromatic N) is 1. The minimum atomic E-state index is -1.22. The van der Waals surface area contributed by atoms with Crippen molar-refractivity contribution in [3.8, 4) is 34.1 Å². The van der Waals surface area contributed by atoms with Crippen LogP contribution in [0.2, 0.25) is 0 Å². The first-order chi connectivity index (χ1) is 14.6. The van der Waals surface area contributed by atoms with E-state index in [1.807, 2.05) is 66.7 Å². The number of oxazole rings is 1. The molecule has 0 aliphatic rings. The highest BCUT2D eigenvalue weighted by atomic mass is 16.5. The smallest absolute Gasteiger partial charge is 0.392 e. The molecule has 1 aromatic heterocycles. The standard InChI is InChI=1S/C24H19NO5/c1-28-19-11-7-17(8-12-19)21-22(30-23(25-21)24(26)27)18-9-13-20(14-10-18)29-15-16-5-3-2-4-6-16/h2-14H,15H2,1H3,(H,26,27). The van der Waals surface area contributed by atoms with E-state index < -0.39 is 5.97 Å². The van der Waals surface area contributed by atoms with Crippen molar-refractivity contribution in [2.24, 2.45) is 0 Å². The number of ether oxygens (including phenoxy) is 2. The number of carboxylic acids is 1.